The molecular weight excluding hydrogens is 341 g/mol. The first kappa shape index (κ1) is 16.0. The third-order valence-electron chi connectivity index (χ3n) is 4.53. The summed E-state index contributed by atoms with van der Waals surface area (Å²) < 4.78 is 16.4. The van der Waals surface area contributed by atoms with Crippen LogP contribution in [-0.2, 0) is 7.05 Å². The Morgan fingerprint density at radius 2 is 2.00 bits per heavy atom. The lowest BCUT2D eigenvalue weighted by atomic mass is 10.2. The Hall–Kier alpha value is -2.48. The summed E-state index contributed by atoms with van der Waals surface area (Å²) in [6.07, 6.45) is 0. The van der Waals surface area contributed by atoms with E-state index in [1.54, 1.807) is 10.7 Å². The van der Waals surface area contributed by atoms with Crippen LogP contribution in [-0.4, -0.2) is 51.8 Å². The van der Waals surface area contributed by atoms with Crippen molar-refractivity contribution in [3.05, 3.63) is 41.5 Å². The number of benzene rings is 1. The van der Waals surface area contributed by atoms with Crippen LogP contribution in [0.2, 0.25) is 0 Å². The van der Waals surface area contributed by atoms with Gasteiger partial charge in [-0.25, -0.2) is 9.37 Å². The number of halogens is 1. The monoisotopic (exact) mass is 359 g/mol. The number of thiazole rings is 1. The van der Waals surface area contributed by atoms with Gasteiger partial charge in [-0.3, -0.25) is 9.48 Å². The standard InChI is InChI=1S/C17H18FN5OS/c1-11-10-13(20-21(11)2)16(24)22-6-8-23(9-7-22)17-19-15-12(18)4-3-5-14(15)25-17/h3-5,10H,6-9H2,1-2H3. The molecule has 1 aliphatic heterocycles. The van der Waals surface area contributed by atoms with Crippen molar-refractivity contribution < 1.29 is 9.18 Å². The van der Waals surface area contributed by atoms with E-state index in [2.05, 4.69) is 15.0 Å². The van der Waals surface area contributed by atoms with Gasteiger partial charge in [-0.15, -0.1) is 0 Å². The SMILES string of the molecule is Cc1cc(C(=O)N2CCN(c3nc4c(F)cccc4s3)CC2)nn1C. The molecule has 1 fully saturated rings. The zero-order chi connectivity index (χ0) is 17.6. The van der Waals surface area contributed by atoms with Crippen LogP contribution in [0.15, 0.2) is 24.3 Å². The summed E-state index contributed by atoms with van der Waals surface area (Å²) in [5.41, 5.74) is 1.86. The molecule has 4 rings (SSSR count). The third-order valence-corrected chi connectivity index (χ3v) is 5.61. The largest absolute Gasteiger partial charge is 0.345 e. The van der Waals surface area contributed by atoms with E-state index >= 15 is 0 Å². The van der Waals surface area contributed by atoms with Gasteiger partial charge in [0.15, 0.2) is 10.8 Å². The second-order valence-corrected chi connectivity index (χ2v) is 7.17. The van der Waals surface area contributed by atoms with Crippen LogP contribution in [0, 0.1) is 12.7 Å². The van der Waals surface area contributed by atoms with Gasteiger partial charge < -0.3 is 9.80 Å². The highest BCUT2D eigenvalue weighted by Gasteiger charge is 2.25. The van der Waals surface area contributed by atoms with Crippen LogP contribution >= 0.6 is 11.3 Å². The van der Waals surface area contributed by atoms with Gasteiger partial charge in [0.2, 0.25) is 0 Å². The van der Waals surface area contributed by atoms with Crippen molar-refractivity contribution in [3.63, 3.8) is 0 Å². The topological polar surface area (TPSA) is 54.3 Å². The molecule has 1 aromatic carbocycles. The fourth-order valence-corrected chi connectivity index (χ4v) is 4.00. The highest BCUT2D eigenvalue weighted by molar-refractivity contribution is 7.22. The van der Waals surface area contributed by atoms with Gasteiger partial charge >= 0.3 is 0 Å². The summed E-state index contributed by atoms with van der Waals surface area (Å²) in [7, 11) is 1.83. The number of anilines is 1. The van der Waals surface area contributed by atoms with E-state index in [9.17, 15) is 9.18 Å². The van der Waals surface area contributed by atoms with Gasteiger partial charge in [0, 0.05) is 38.9 Å². The minimum absolute atomic E-state index is 0.0429. The van der Waals surface area contributed by atoms with Crippen molar-refractivity contribution in [1.82, 2.24) is 19.7 Å². The molecule has 0 aliphatic carbocycles. The molecule has 3 aromatic rings. The van der Waals surface area contributed by atoms with Crippen molar-refractivity contribution >= 4 is 32.6 Å². The quantitative estimate of drug-likeness (QED) is 0.705. The van der Waals surface area contributed by atoms with E-state index in [1.807, 2.05) is 31.0 Å². The van der Waals surface area contributed by atoms with Crippen LogP contribution < -0.4 is 4.90 Å². The number of carbonyl (C=O) groups excluding carboxylic acids is 1. The lowest BCUT2D eigenvalue weighted by molar-refractivity contribution is 0.0740. The zero-order valence-corrected chi connectivity index (χ0v) is 14.9. The van der Waals surface area contributed by atoms with E-state index in [1.165, 1.54) is 17.4 Å². The smallest absolute Gasteiger partial charge is 0.274 e. The number of carbonyl (C=O) groups is 1. The number of hydrogen-bond acceptors (Lipinski definition) is 5. The lowest BCUT2D eigenvalue weighted by Gasteiger charge is -2.34. The molecule has 0 bridgehead atoms. The van der Waals surface area contributed by atoms with Crippen molar-refractivity contribution in [2.24, 2.45) is 7.05 Å². The maximum atomic E-state index is 13.8. The Morgan fingerprint density at radius 1 is 1.24 bits per heavy atom. The fourth-order valence-electron chi connectivity index (χ4n) is 2.97. The van der Waals surface area contributed by atoms with Gasteiger partial charge in [-0.1, -0.05) is 17.4 Å². The molecule has 25 heavy (non-hydrogen) atoms. The molecule has 130 valence electrons. The Morgan fingerprint density at radius 3 is 2.64 bits per heavy atom. The zero-order valence-electron chi connectivity index (χ0n) is 14.1. The molecule has 1 aliphatic rings. The van der Waals surface area contributed by atoms with Crippen molar-refractivity contribution in [1.29, 1.82) is 0 Å². The highest BCUT2D eigenvalue weighted by atomic mass is 32.1. The molecule has 3 heterocycles. The minimum Gasteiger partial charge on any atom is -0.345 e. The predicted molar refractivity (Wildman–Crippen MR) is 95.6 cm³/mol. The number of hydrogen-bond donors (Lipinski definition) is 0. The summed E-state index contributed by atoms with van der Waals surface area (Å²) in [6.45, 7) is 4.49. The number of rotatable bonds is 2. The predicted octanol–water partition coefficient (Wildman–Crippen LogP) is 2.44. The second kappa shape index (κ2) is 6.11. The summed E-state index contributed by atoms with van der Waals surface area (Å²) in [5, 5.41) is 5.07. The molecule has 6 nitrogen and oxygen atoms in total. The van der Waals surface area contributed by atoms with Gasteiger partial charge in [-0.2, -0.15) is 5.10 Å². The normalized spacial score (nSPS) is 15.2. The Balaban J connectivity index is 1.47. The summed E-state index contributed by atoms with van der Waals surface area (Å²) in [6, 6.07) is 6.82. The lowest BCUT2D eigenvalue weighted by Crippen LogP contribution is -2.48. The number of fused-ring (bicyclic) bond motifs is 1. The number of nitrogens with zero attached hydrogens (tertiary/aromatic N) is 5. The van der Waals surface area contributed by atoms with E-state index in [-0.39, 0.29) is 11.7 Å². The molecule has 8 heteroatoms. The van der Waals surface area contributed by atoms with Crippen LogP contribution in [0.3, 0.4) is 0 Å². The van der Waals surface area contributed by atoms with Gasteiger partial charge in [0.25, 0.3) is 5.91 Å². The first-order valence-electron chi connectivity index (χ1n) is 8.13. The highest BCUT2D eigenvalue weighted by Crippen LogP contribution is 2.30. The third kappa shape index (κ3) is 2.86. The van der Waals surface area contributed by atoms with E-state index in [0.717, 1.165) is 15.5 Å². The van der Waals surface area contributed by atoms with E-state index in [0.29, 0.717) is 37.4 Å². The van der Waals surface area contributed by atoms with E-state index in [4.69, 9.17) is 0 Å². The Bertz CT molecular complexity index is 922. The Labute approximate surface area is 148 Å². The summed E-state index contributed by atoms with van der Waals surface area (Å²) in [4.78, 5) is 20.9. The van der Waals surface area contributed by atoms with Crippen LogP contribution in [0.5, 0.6) is 0 Å². The molecular formula is C17H18FN5OS. The van der Waals surface area contributed by atoms with Crippen molar-refractivity contribution in [2.75, 3.05) is 31.1 Å². The maximum Gasteiger partial charge on any atom is 0.274 e. The van der Waals surface area contributed by atoms with Crippen molar-refractivity contribution in [3.8, 4) is 0 Å². The molecule has 1 amide bonds. The number of amides is 1. The minimum atomic E-state index is -0.292. The molecule has 0 radical (unpaired) electrons. The Kier molecular flexibility index (Phi) is 3.91. The maximum absolute atomic E-state index is 13.8. The number of aromatic nitrogens is 3. The average Bonchev–Trinajstić information content (AvgIpc) is 3.19. The molecule has 1 saturated heterocycles. The van der Waals surface area contributed by atoms with Gasteiger partial charge in [0.05, 0.1) is 4.70 Å². The summed E-state index contributed by atoms with van der Waals surface area (Å²) >= 11 is 1.48. The first-order chi connectivity index (χ1) is 12.0. The van der Waals surface area contributed by atoms with Gasteiger partial charge in [0.1, 0.15) is 11.3 Å². The second-order valence-electron chi connectivity index (χ2n) is 6.16. The number of aryl methyl sites for hydroxylation is 2. The first-order valence-corrected chi connectivity index (χ1v) is 8.94. The molecule has 0 N–H and O–H groups in total. The molecule has 0 saturated carbocycles. The number of piperazine rings is 1. The summed E-state index contributed by atoms with van der Waals surface area (Å²) in [5.74, 6) is -0.335. The molecule has 0 atom stereocenters. The van der Waals surface area contributed by atoms with Crippen LogP contribution in [0.1, 0.15) is 16.2 Å². The van der Waals surface area contributed by atoms with E-state index < -0.39 is 0 Å². The molecule has 2 aromatic heterocycles. The number of para-hydroxylation sites is 1. The van der Waals surface area contributed by atoms with Gasteiger partial charge in [-0.05, 0) is 25.1 Å². The average molecular weight is 359 g/mol. The van der Waals surface area contributed by atoms with Crippen LogP contribution in [0.25, 0.3) is 10.2 Å². The van der Waals surface area contributed by atoms with Crippen LogP contribution in [0.4, 0.5) is 9.52 Å². The fraction of sp³-hybridized carbons (Fsp3) is 0.353. The molecule has 0 spiro atoms. The molecule has 0 unspecified atom stereocenters. The van der Waals surface area contributed by atoms with Crippen molar-refractivity contribution in [2.45, 2.75) is 6.92 Å².